The first-order valence-corrected chi connectivity index (χ1v) is 8.43. The van der Waals surface area contributed by atoms with Crippen LogP contribution in [0.4, 0.5) is 14.9 Å². The summed E-state index contributed by atoms with van der Waals surface area (Å²) in [5, 5.41) is 3.00. The highest BCUT2D eigenvalue weighted by Gasteiger charge is 2.44. The standard InChI is InChI=1S/C19H20FN3O/c1-12-5-6-15(8-18(12)13-7-14(20)11-21-10-13)22-19(24)23-16-3-2-4-17(23)9-16/h5-8,10-11,16-17H,2-4,9H2,1H3,(H,22,24)/t16-,17+. The SMILES string of the molecule is Cc1ccc(NC(=O)N2[C@@H]3CCC[C@H]2C3)cc1-c1cncc(F)c1. The van der Waals surface area contributed by atoms with Crippen LogP contribution in [0.5, 0.6) is 0 Å². The quantitative estimate of drug-likeness (QED) is 0.892. The smallest absolute Gasteiger partial charge is 0.318 e. The molecule has 24 heavy (non-hydrogen) atoms. The topological polar surface area (TPSA) is 45.2 Å². The molecule has 3 heterocycles. The van der Waals surface area contributed by atoms with E-state index >= 15 is 0 Å². The second-order valence-electron chi connectivity index (χ2n) is 6.73. The summed E-state index contributed by atoms with van der Waals surface area (Å²) < 4.78 is 13.4. The zero-order valence-corrected chi connectivity index (χ0v) is 13.6. The van der Waals surface area contributed by atoms with Gasteiger partial charge in [0.25, 0.3) is 0 Å². The number of rotatable bonds is 2. The lowest BCUT2D eigenvalue weighted by Gasteiger charge is -2.52. The van der Waals surface area contributed by atoms with Crippen LogP contribution in [0.2, 0.25) is 0 Å². The Morgan fingerprint density at radius 1 is 1.25 bits per heavy atom. The molecule has 2 bridgehead atoms. The minimum absolute atomic E-state index is 0.0249. The Bertz CT molecular complexity index is 778. The maximum Gasteiger partial charge on any atom is 0.322 e. The number of piperidine rings is 1. The van der Waals surface area contributed by atoms with Gasteiger partial charge in [0.15, 0.2) is 0 Å². The van der Waals surface area contributed by atoms with Gasteiger partial charge in [-0.1, -0.05) is 6.07 Å². The molecule has 2 fully saturated rings. The van der Waals surface area contributed by atoms with E-state index in [9.17, 15) is 9.18 Å². The van der Waals surface area contributed by atoms with E-state index in [4.69, 9.17) is 0 Å². The maximum absolute atomic E-state index is 13.4. The van der Waals surface area contributed by atoms with Crippen LogP contribution in [0.3, 0.4) is 0 Å². The van der Waals surface area contributed by atoms with E-state index in [1.807, 2.05) is 30.0 Å². The molecule has 2 aromatic rings. The molecule has 0 unspecified atom stereocenters. The lowest BCUT2D eigenvalue weighted by atomic mass is 9.80. The third-order valence-corrected chi connectivity index (χ3v) is 5.14. The normalized spacial score (nSPS) is 22.0. The van der Waals surface area contributed by atoms with Gasteiger partial charge in [-0.15, -0.1) is 0 Å². The molecule has 1 aromatic heterocycles. The second-order valence-corrected chi connectivity index (χ2v) is 6.73. The number of hydrogen-bond acceptors (Lipinski definition) is 2. The molecule has 1 N–H and O–H groups in total. The van der Waals surface area contributed by atoms with E-state index in [0.29, 0.717) is 17.6 Å². The number of carbonyl (C=O) groups is 1. The van der Waals surface area contributed by atoms with Crippen molar-refractivity contribution in [1.29, 1.82) is 0 Å². The minimum atomic E-state index is -0.366. The molecule has 0 saturated carbocycles. The molecular formula is C19H20FN3O. The summed E-state index contributed by atoms with van der Waals surface area (Å²) in [5.74, 6) is -0.366. The third kappa shape index (κ3) is 2.64. The number of anilines is 1. The van der Waals surface area contributed by atoms with Crippen LogP contribution in [-0.2, 0) is 0 Å². The molecule has 0 aliphatic carbocycles. The Balaban J connectivity index is 1.56. The van der Waals surface area contributed by atoms with Gasteiger partial charge in [0.05, 0.1) is 6.20 Å². The van der Waals surface area contributed by atoms with E-state index in [0.717, 1.165) is 36.1 Å². The van der Waals surface area contributed by atoms with Crippen molar-refractivity contribution in [3.8, 4) is 11.1 Å². The highest BCUT2D eigenvalue weighted by Crippen LogP contribution is 2.38. The first-order chi connectivity index (χ1) is 11.6. The van der Waals surface area contributed by atoms with Gasteiger partial charge in [0, 0.05) is 29.5 Å². The number of hydrogen-bond donors (Lipinski definition) is 1. The summed E-state index contributed by atoms with van der Waals surface area (Å²) >= 11 is 0. The van der Waals surface area contributed by atoms with Gasteiger partial charge < -0.3 is 10.2 Å². The van der Waals surface area contributed by atoms with Crippen molar-refractivity contribution in [3.63, 3.8) is 0 Å². The average molecular weight is 325 g/mol. The molecular weight excluding hydrogens is 305 g/mol. The summed E-state index contributed by atoms with van der Waals surface area (Å²) in [6.07, 6.45) is 7.40. The number of pyridine rings is 1. The Labute approximate surface area is 140 Å². The predicted octanol–water partition coefficient (Wildman–Crippen LogP) is 4.35. The molecule has 5 heteroatoms. The highest BCUT2D eigenvalue weighted by molar-refractivity contribution is 5.91. The van der Waals surface area contributed by atoms with Crippen molar-refractivity contribution in [1.82, 2.24) is 9.88 Å². The maximum atomic E-state index is 13.4. The number of nitrogens with zero attached hydrogens (tertiary/aromatic N) is 2. The van der Waals surface area contributed by atoms with Gasteiger partial charge in [0.1, 0.15) is 5.82 Å². The first kappa shape index (κ1) is 15.1. The Hall–Kier alpha value is -2.43. The van der Waals surface area contributed by atoms with Crippen LogP contribution < -0.4 is 5.32 Å². The lowest BCUT2D eigenvalue weighted by Crippen LogP contribution is -2.62. The molecule has 124 valence electrons. The van der Waals surface area contributed by atoms with Gasteiger partial charge in [-0.2, -0.15) is 0 Å². The van der Waals surface area contributed by atoms with Gasteiger partial charge >= 0.3 is 6.03 Å². The van der Waals surface area contributed by atoms with Crippen LogP contribution in [0, 0.1) is 12.7 Å². The van der Waals surface area contributed by atoms with Crippen LogP contribution >= 0.6 is 0 Å². The molecule has 2 amide bonds. The summed E-state index contributed by atoms with van der Waals surface area (Å²) in [7, 11) is 0. The summed E-state index contributed by atoms with van der Waals surface area (Å²) in [6, 6.07) is 7.96. The van der Waals surface area contributed by atoms with E-state index in [-0.39, 0.29) is 11.8 Å². The van der Waals surface area contributed by atoms with E-state index in [2.05, 4.69) is 10.3 Å². The van der Waals surface area contributed by atoms with Gasteiger partial charge in [-0.3, -0.25) is 4.98 Å². The molecule has 2 aliphatic rings. The summed E-state index contributed by atoms with van der Waals surface area (Å²) in [6.45, 7) is 1.96. The number of aryl methyl sites for hydroxylation is 1. The number of amides is 2. The molecule has 4 rings (SSSR count). The van der Waals surface area contributed by atoms with Crippen molar-refractivity contribution in [3.05, 3.63) is 48.0 Å². The number of fused-ring (bicyclic) bond motifs is 2. The molecule has 2 atom stereocenters. The van der Waals surface area contributed by atoms with E-state index in [1.54, 1.807) is 6.20 Å². The highest BCUT2D eigenvalue weighted by atomic mass is 19.1. The van der Waals surface area contributed by atoms with Gasteiger partial charge in [0.2, 0.25) is 0 Å². The number of carbonyl (C=O) groups excluding carboxylic acids is 1. The van der Waals surface area contributed by atoms with Crippen molar-refractivity contribution in [2.75, 3.05) is 5.32 Å². The van der Waals surface area contributed by atoms with Crippen molar-refractivity contribution in [2.45, 2.75) is 44.7 Å². The number of nitrogens with one attached hydrogen (secondary N) is 1. The molecule has 0 spiro atoms. The summed E-state index contributed by atoms with van der Waals surface area (Å²) in [5.41, 5.74) is 3.34. The predicted molar refractivity (Wildman–Crippen MR) is 91.3 cm³/mol. The second kappa shape index (κ2) is 5.89. The molecule has 1 aromatic carbocycles. The third-order valence-electron chi connectivity index (χ3n) is 5.14. The zero-order valence-electron chi connectivity index (χ0n) is 13.6. The minimum Gasteiger partial charge on any atom is -0.318 e. The number of urea groups is 1. The van der Waals surface area contributed by atoms with Crippen molar-refractivity contribution >= 4 is 11.7 Å². The van der Waals surface area contributed by atoms with Crippen molar-refractivity contribution < 1.29 is 9.18 Å². The number of benzene rings is 1. The van der Waals surface area contributed by atoms with Crippen LogP contribution in [0.1, 0.15) is 31.2 Å². The monoisotopic (exact) mass is 325 g/mol. The first-order valence-electron chi connectivity index (χ1n) is 8.43. The van der Waals surface area contributed by atoms with Crippen LogP contribution in [0.25, 0.3) is 11.1 Å². The number of halogens is 1. The van der Waals surface area contributed by atoms with Gasteiger partial charge in [-0.25, -0.2) is 9.18 Å². The fraction of sp³-hybridized carbons (Fsp3) is 0.368. The van der Waals surface area contributed by atoms with E-state index < -0.39 is 0 Å². The lowest BCUT2D eigenvalue weighted by molar-refractivity contribution is 0.0173. The summed E-state index contributed by atoms with van der Waals surface area (Å²) in [4.78, 5) is 18.4. The molecule has 2 aliphatic heterocycles. The Kier molecular flexibility index (Phi) is 3.71. The van der Waals surface area contributed by atoms with E-state index in [1.165, 1.54) is 18.7 Å². The molecule has 2 saturated heterocycles. The Morgan fingerprint density at radius 2 is 2.04 bits per heavy atom. The zero-order chi connectivity index (χ0) is 16.7. The molecule has 4 nitrogen and oxygen atoms in total. The fourth-order valence-electron chi connectivity index (χ4n) is 3.89. The largest absolute Gasteiger partial charge is 0.322 e. The van der Waals surface area contributed by atoms with Gasteiger partial charge in [-0.05, 0) is 61.9 Å². The fourth-order valence-corrected chi connectivity index (χ4v) is 3.89. The number of aromatic nitrogens is 1. The average Bonchev–Trinajstić information content (AvgIpc) is 2.57. The van der Waals surface area contributed by atoms with Crippen LogP contribution in [0.15, 0.2) is 36.7 Å². The van der Waals surface area contributed by atoms with Crippen LogP contribution in [-0.4, -0.2) is 28.0 Å². The Morgan fingerprint density at radius 3 is 2.75 bits per heavy atom. The molecule has 0 radical (unpaired) electrons. The van der Waals surface area contributed by atoms with Crippen molar-refractivity contribution in [2.24, 2.45) is 0 Å².